The molecule has 152 valence electrons. The molecule has 0 atom stereocenters. The zero-order valence-corrected chi connectivity index (χ0v) is 19.0. The topological polar surface area (TPSA) is 18.5 Å². The van der Waals surface area contributed by atoms with E-state index in [4.69, 9.17) is 0 Å². The van der Waals surface area contributed by atoms with Gasteiger partial charge in [-0.25, -0.2) is 0 Å². The highest BCUT2D eigenvalue weighted by Crippen LogP contribution is 2.37. The van der Waals surface area contributed by atoms with E-state index in [1.807, 2.05) is 0 Å². The van der Waals surface area contributed by atoms with Crippen LogP contribution in [0.5, 0.6) is 0 Å². The Morgan fingerprint density at radius 2 is 1.29 bits per heavy atom. The summed E-state index contributed by atoms with van der Waals surface area (Å²) in [7, 11) is 4.35. The van der Waals surface area contributed by atoms with Gasteiger partial charge < -0.3 is 9.80 Å². The van der Waals surface area contributed by atoms with Gasteiger partial charge in [0.1, 0.15) is 0 Å². The minimum atomic E-state index is 0.124. The SMILES string of the molecule is CN(CNC(C)(C)C)c1ccc2c(c1)CCc1cc(N(C)C(C)(C)C)ccc1-2. The molecule has 28 heavy (non-hydrogen) atoms. The first-order chi connectivity index (χ1) is 13.0. The van der Waals surface area contributed by atoms with E-state index in [0.717, 1.165) is 19.5 Å². The van der Waals surface area contributed by atoms with Crippen molar-refractivity contribution in [2.75, 3.05) is 30.6 Å². The summed E-state index contributed by atoms with van der Waals surface area (Å²) in [6.07, 6.45) is 2.22. The van der Waals surface area contributed by atoms with Crippen molar-refractivity contribution >= 4 is 11.4 Å². The quantitative estimate of drug-likeness (QED) is 0.711. The lowest BCUT2D eigenvalue weighted by molar-refractivity contribution is 0.428. The third-order valence-electron chi connectivity index (χ3n) is 5.81. The molecular formula is C25H37N3. The smallest absolute Gasteiger partial charge is 0.0682 e. The van der Waals surface area contributed by atoms with Crippen LogP contribution in [-0.4, -0.2) is 31.8 Å². The first-order valence-corrected chi connectivity index (χ1v) is 10.4. The number of benzene rings is 2. The maximum atomic E-state index is 3.57. The fourth-order valence-electron chi connectivity index (χ4n) is 3.65. The van der Waals surface area contributed by atoms with Crippen molar-refractivity contribution in [1.29, 1.82) is 0 Å². The molecule has 0 fully saturated rings. The van der Waals surface area contributed by atoms with Gasteiger partial charge in [0.15, 0.2) is 0 Å². The van der Waals surface area contributed by atoms with E-state index in [2.05, 4.69) is 107 Å². The molecule has 2 aromatic rings. The van der Waals surface area contributed by atoms with E-state index in [1.165, 1.54) is 33.6 Å². The molecule has 1 aliphatic carbocycles. The Bertz CT molecular complexity index is 840. The Hall–Kier alpha value is -2.00. The number of fused-ring (bicyclic) bond motifs is 3. The lowest BCUT2D eigenvalue weighted by Crippen LogP contribution is -2.42. The number of hydrogen-bond donors (Lipinski definition) is 1. The highest BCUT2D eigenvalue weighted by molar-refractivity contribution is 5.77. The van der Waals surface area contributed by atoms with Gasteiger partial charge in [0.05, 0.1) is 6.67 Å². The molecule has 3 heteroatoms. The summed E-state index contributed by atoms with van der Waals surface area (Å²) in [5.41, 5.74) is 8.56. The van der Waals surface area contributed by atoms with Crippen molar-refractivity contribution in [3.05, 3.63) is 47.5 Å². The molecule has 2 aromatic carbocycles. The van der Waals surface area contributed by atoms with Gasteiger partial charge in [-0.3, -0.25) is 5.32 Å². The van der Waals surface area contributed by atoms with Gasteiger partial charge in [0.2, 0.25) is 0 Å². The fraction of sp³-hybridized carbons (Fsp3) is 0.520. The van der Waals surface area contributed by atoms with Crippen molar-refractivity contribution in [3.63, 3.8) is 0 Å². The minimum Gasteiger partial charge on any atom is -0.370 e. The molecule has 0 spiro atoms. The highest BCUT2D eigenvalue weighted by Gasteiger charge is 2.21. The normalized spacial score (nSPS) is 13.7. The van der Waals surface area contributed by atoms with Gasteiger partial charge in [0, 0.05) is 36.5 Å². The standard InChI is InChI=1S/C25H37N3/c1-24(2,3)26-17-27(7)20-11-13-22-18(15-20)9-10-19-16-21(12-14-23(19)22)28(8)25(4,5)6/h11-16,26H,9-10,17H2,1-8H3. The van der Waals surface area contributed by atoms with Crippen LogP contribution in [0, 0.1) is 0 Å². The Kier molecular flexibility index (Phi) is 5.51. The number of rotatable bonds is 4. The van der Waals surface area contributed by atoms with Crippen molar-refractivity contribution in [3.8, 4) is 11.1 Å². The molecule has 0 heterocycles. The van der Waals surface area contributed by atoms with Crippen LogP contribution in [0.15, 0.2) is 36.4 Å². The number of anilines is 2. The molecule has 0 radical (unpaired) electrons. The van der Waals surface area contributed by atoms with Gasteiger partial charge in [0.25, 0.3) is 0 Å². The van der Waals surface area contributed by atoms with Crippen molar-refractivity contribution < 1.29 is 0 Å². The number of aryl methyl sites for hydroxylation is 2. The monoisotopic (exact) mass is 379 g/mol. The molecule has 1 aliphatic rings. The summed E-state index contributed by atoms with van der Waals surface area (Å²) in [6, 6.07) is 13.9. The highest BCUT2D eigenvalue weighted by atomic mass is 15.2. The summed E-state index contributed by atoms with van der Waals surface area (Å²) in [4.78, 5) is 4.66. The Labute approximate surface area is 171 Å². The van der Waals surface area contributed by atoms with E-state index < -0.39 is 0 Å². The average molecular weight is 380 g/mol. The van der Waals surface area contributed by atoms with Crippen molar-refractivity contribution in [2.45, 2.75) is 65.5 Å². The van der Waals surface area contributed by atoms with Crippen molar-refractivity contribution in [2.24, 2.45) is 0 Å². The maximum Gasteiger partial charge on any atom is 0.0682 e. The van der Waals surface area contributed by atoms with E-state index in [9.17, 15) is 0 Å². The van der Waals surface area contributed by atoms with Gasteiger partial charge in [-0.05, 0) is 101 Å². The zero-order chi connectivity index (χ0) is 20.7. The van der Waals surface area contributed by atoms with E-state index in [-0.39, 0.29) is 11.1 Å². The Morgan fingerprint density at radius 1 is 0.786 bits per heavy atom. The number of nitrogens with one attached hydrogen (secondary N) is 1. The summed E-state index contributed by atoms with van der Waals surface area (Å²) < 4.78 is 0. The largest absolute Gasteiger partial charge is 0.370 e. The Balaban J connectivity index is 1.85. The predicted molar refractivity (Wildman–Crippen MR) is 124 cm³/mol. The summed E-state index contributed by atoms with van der Waals surface area (Å²) in [6.45, 7) is 14.2. The minimum absolute atomic E-state index is 0.124. The average Bonchev–Trinajstić information content (AvgIpc) is 2.63. The van der Waals surface area contributed by atoms with Crippen LogP contribution in [0.1, 0.15) is 52.7 Å². The molecule has 0 amide bonds. The second kappa shape index (κ2) is 7.44. The molecule has 0 aromatic heterocycles. The summed E-state index contributed by atoms with van der Waals surface area (Å²) in [5, 5.41) is 3.57. The lowest BCUT2D eigenvalue weighted by Gasteiger charge is -2.35. The van der Waals surface area contributed by atoms with Crippen LogP contribution in [0.3, 0.4) is 0 Å². The third kappa shape index (κ3) is 4.52. The maximum absolute atomic E-state index is 3.57. The van der Waals surface area contributed by atoms with Crippen LogP contribution in [-0.2, 0) is 12.8 Å². The predicted octanol–water partition coefficient (Wildman–Crippen LogP) is 5.47. The van der Waals surface area contributed by atoms with Crippen LogP contribution in [0.4, 0.5) is 11.4 Å². The van der Waals surface area contributed by atoms with Gasteiger partial charge in [-0.1, -0.05) is 12.1 Å². The summed E-state index contributed by atoms with van der Waals surface area (Å²) in [5.74, 6) is 0. The van der Waals surface area contributed by atoms with Crippen LogP contribution >= 0.6 is 0 Å². The third-order valence-corrected chi connectivity index (χ3v) is 5.81. The van der Waals surface area contributed by atoms with Crippen LogP contribution in [0.25, 0.3) is 11.1 Å². The first-order valence-electron chi connectivity index (χ1n) is 10.4. The van der Waals surface area contributed by atoms with E-state index in [0.29, 0.717) is 0 Å². The van der Waals surface area contributed by atoms with E-state index >= 15 is 0 Å². The lowest BCUT2D eigenvalue weighted by atomic mass is 9.85. The molecule has 0 saturated heterocycles. The molecule has 1 N–H and O–H groups in total. The molecular weight excluding hydrogens is 342 g/mol. The van der Waals surface area contributed by atoms with Gasteiger partial charge in [-0.15, -0.1) is 0 Å². The van der Waals surface area contributed by atoms with Crippen LogP contribution in [0.2, 0.25) is 0 Å². The van der Waals surface area contributed by atoms with Crippen LogP contribution < -0.4 is 15.1 Å². The second-order valence-corrected chi connectivity index (χ2v) is 10.2. The molecule has 0 unspecified atom stereocenters. The van der Waals surface area contributed by atoms with Crippen molar-refractivity contribution in [1.82, 2.24) is 5.32 Å². The molecule has 3 rings (SSSR count). The molecule has 0 bridgehead atoms. The summed E-state index contributed by atoms with van der Waals surface area (Å²) >= 11 is 0. The second-order valence-electron chi connectivity index (χ2n) is 10.2. The molecule has 0 saturated carbocycles. The van der Waals surface area contributed by atoms with Gasteiger partial charge in [-0.2, -0.15) is 0 Å². The number of nitrogens with zero attached hydrogens (tertiary/aromatic N) is 2. The van der Waals surface area contributed by atoms with E-state index in [1.54, 1.807) is 0 Å². The van der Waals surface area contributed by atoms with Gasteiger partial charge >= 0.3 is 0 Å². The molecule has 3 nitrogen and oxygen atoms in total. The zero-order valence-electron chi connectivity index (χ0n) is 19.0. The fourth-order valence-corrected chi connectivity index (χ4v) is 3.65. The Morgan fingerprint density at radius 3 is 1.79 bits per heavy atom. The number of hydrogen-bond acceptors (Lipinski definition) is 3. The molecule has 0 aliphatic heterocycles. The first kappa shape index (κ1) is 20.7.